The number of rotatable bonds is 5. The molecule has 1 N–H and O–H groups in total. The van der Waals surface area contributed by atoms with Gasteiger partial charge in [-0.3, -0.25) is 4.98 Å². The molecule has 0 aliphatic heterocycles. The smallest absolute Gasteiger partial charge is 0.335 e. The van der Waals surface area contributed by atoms with Crippen molar-refractivity contribution < 1.29 is 19.4 Å². The molecule has 20 heavy (non-hydrogen) atoms. The largest absolute Gasteiger partial charge is 0.493 e. The summed E-state index contributed by atoms with van der Waals surface area (Å²) in [5, 5.41) is 8.92. The summed E-state index contributed by atoms with van der Waals surface area (Å²) in [6.45, 7) is 0.274. The van der Waals surface area contributed by atoms with Crippen LogP contribution in [0, 0.1) is 0 Å². The number of ether oxygens (including phenoxy) is 2. The lowest BCUT2D eigenvalue weighted by Crippen LogP contribution is -2.02. The second kappa shape index (κ2) is 6.38. The zero-order valence-electron chi connectivity index (χ0n) is 10.7. The van der Waals surface area contributed by atoms with Crippen LogP contribution in [0.4, 0.5) is 0 Å². The van der Waals surface area contributed by atoms with Crippen molar-refractivity contribution in [3.63, 3.8) is 0 Å². The van der Waals surface area contributed by atoms with Crippen molar-refractivity contribution >= 4 is 21.9 Å². The van der Waals surface area contributed by atoms with E-state index in [4.69, 9.17) is 14.6 Å². The summed E-state index contributed by atoms with van der Waals surface area (Å²) < 4.78 is 11.6. The molecule has 0 fully saturated rings. The highest BCUT2D eigenvalue weighted by atomic mass is 79.9. The Morgan fingerprint density at radius 3 is 2.70 bits per heavy atom. The Bertz CT molecular complexity index is 613. The number of hydrogen-bond donors (Lipinski definition) is 1. The summed E-state index contributed by atoms with van der Waals surface area (Å²) in [6.07, 6.45) is 1.68. The molecule has 0 spiro atoms. The third kappa shape index (κ3) is 3.48. The third-order valence-electron chi connectivity index (χ3n) is 2.57. The molecule has 0 aliphatic carbocycles. The Morgan fingerprint density at radius 1 is 1.30 bits per heavy atom. The average Bonchev–Trinajstić information content (AvgIpc) is 2.46. The molecule has 6 heteroatoms. The van der Waals surface area contributed by atoms with E-state index in [9.17, 15) is 4.79 Å². The van der Waals surface area contributed by atoms with E-state index in [0.29, 0.717) is 11.5 Å². The van der Waals surface area contributed by atoms with Crippen LogP contribution in [-0.4, -0.2) is 23.2 Å². The molecular weight excluding hydrogens is 326 g/mol. The Balaban J connectivity index is 2.12. The number of carboxylic acids is 1. The fourth-order valence-corrected chi connectivity index (χ4v) is 1.80. The Labute approximate surface area is 124 Å². The second-order valence-electron chi connectivity index (χ2n) is 3.93. The maximum Gasteiger partial charge on any atom is 0.335 e. The molecule has 5 nitrogen and oxygen atoms in total. The van der Waals surface area contributed by atoms with Gasteiger partial charge in [-0.1, -0.05) is 0 Å². The molecule has 1 aromatic heterocycles. The Kier molecular flexibility index (Phi) is 4.57. The van der Waals surface area contributed by atoms with Gasteiger partial charge in [-0.05, 0) is 46.3 Å². The highest BCUT2D eigenvalue weighted by Gasteiger charge is 2.10. The van der Waals surface area contributed by atoms with Gasteiger partial charge >= 0.3 is 5.97 Å². The van der Waals surface area contributed by atoms with Crippen LogP contribution in [0.25, 0.3) is 0 Å². The molecule has 104 valence electrons. The normalized spacial score (nSPS) is 10.1. The van der Waals surface area contributed by atoms with Crippen molar-refractivity contribution in [3.8, 4) is 11.5 Å². The second-order valence-corrected chi connectivity index (χ2v) is 4.84. The van der Waals surface area contributed by atoms with Gasteiger partial charge in [0.05, 0.1) is 18.4 Å². The van der Waals surface area contributed by atoms with Crippen LogP contribution in [0.5, 0.6) is 11.5 Å². The number of halogens is 1. The van der Waals surface area contributed by atoms with E-state index >= 15 is 0 Å². The van der Waals surface area contributed by atoms with Gasteiger partial charge in [0.25, 0.3) is 0 Å². The molecule has 0 unspecified atom stereocenters. The third-order valence-corrected chi connectivity index (χ3v) is 3.04. The van der Waals surface area contributed by atoms with Gasteiger partial charge in [0.1, 0.15) is 6.61 Å². The van der Waals surface area contributed by atoms with Crippen molar-refractivity contribution in [3.05, 3.63) is 52.3 Å². The van der Waals surface area contributed by atoms with Crippen LogP contribution >= 0.6 is 15.9 Å². The van der Waals surface area contributed by atoms with Crippen LogP contribution in [-0.2, 0) is 6.61 Å². The summed E-state index contributed by atoms with van der Waals surface area (Å²) in [5.74, 6) is -0.159. The van der Waals surface area contributed by atoms with E-state index in [1.165, 1.54) is 19.2 Å². The van der Waals surface area contributed by atoms with Crippen LogP contribution < -0.4 is 9.47 Å². The maximum atomic E-state index is 10.9. The number of nitrogens with zero attached hydrogens (tertiary/aromatic N) is 1. The van der Waals surface area contributed by atoms with E-state index in [0.717, 1.165) is 10.2 Å². The highest BCUT2D eigenvalue weighted by molar-refractivity contribution is 9.10. The van der Waals surface area contributed by atoms with Crippen molar-refractivity contribution in [2.75, 3.05) is 7.11 Å². The summed E-state index contributed by atoms with van der Waals surface area (Å²) in [5.41, 5.74) is 0.911. The summed E-state index contributed by atoms with van der Waals surface area (Å²) in [6, 6.07) is 8.17. The molecule has 0 atom stereocenters. The fraction of sp³-hybridized carbons (Fsp3) is 0.143. The first-order valence-electron chi connectivity index (χ1n) is 5.74. The number of hydrogen-bond acceptors (Lipinski definition) is 4. The minimum Gasteiger partial charge on any atom is -0.493 e. The molecule has 0 aliphatic rings. The summed E-state index contributed by atoms with van der Waals surface area (Å²) in [7, 11) is 1.46. The number of carboxylic acid groups (broad SMARTS) is 1. The SMILES string of the molecule is COc1cc(C(=O)O)ccc1OCc1ccc(Br)cn1. The number of methoxy groups -OCH3 is 1. The topological polar surface area (TPSA) is 68.7 Å². The number of aromatic nitrogens is 1. The van der Waals surface area contributed by atoms with E-state index in [1.54, 1.807) is 12.3 Å². The molecule has 1 aromatic carbocycles. The van der Waals surface area contributed by atoms with E-state index in [-0.39, 0.29) is 12.2 Å². The van der Waals surface area contributed by atoms with E-state index in [1.807, 2.05) is 12.1 Å². The van der Waals surface area contributed by atoms with Crippen LogP contribution in [0.1, 0.15) is 16.1 Å². The molecule has 0 amide bonds. The molecule has 0 saturated heterocycles. The first kappa shape index (κ1) is 14.3. The van der Waals surface area contributed by atoms with E-state index < -0.39 is 5.97 Å². The Hall–Kier alpha value is -2.08. The predicted octanol–water partition coefficient (Wildman–Crippen LogP) is 3.13. The first-order chi connectivity index (χ1) is 9.60. The van der Waals surface area contributed by atoms with Crippen molar-refractivity contribution in [2.24, 2.45) is 0 Å². The lowest BCUT2D eigenvalue weighted by atomic mass is 10.2. The maximum absolute atomic E-state index is 10.9. The zero-order valence-corrected chi connectivity index (χ0v) is 12.3. The molecule has 0 saturated carbocycles. The quantitative estimate of drug-likeness (QED) is 0.907. The van der Waals surface area contributed by atoms with Crippen LogP contribution in [0.2, 0.25) is 0 Å². The van der Waals surface area contributed by atoms with Crippen molar-refractivity contribution in [1.29, 1.82) is 0 Å². The number of benzene rings is 1. The molecule has 2 aromatic rings. The minimum atomic E-state index is -1.01. The average molecular weight is 338 g/mol. The molecule has 0 radical (unpaired) electrons. The standard InChI is InChI=1S/C14H12BrNO4/c1-19-13-6-9(14(17)18)2-5-12(13)20-8-11-4-3-10(15)7-16-11/h2-7H,8H2,1H3,(H,17,18). The van der Waals surface area contributed by atoms with Gasteiger partial charge in [0, 0.05) is 10.7 Å². The first-order valence-corrected chi connectivity index (χ1v) is 6.54. The lowest BCUT2D eigenvalue weighted by molar-refractivity contribution is 0.0696. The fourth-order valence-electron chi connectivity index (χ4n) is 1.56. The molecule has 1 heterocycles. The van der Waals surface area contributed by atoms with Crippen LogP contribution in [0.15, 0.2) is 41.0 Å². The molecule has 0 bridgehead atoms. The Morgan fingerprint density at radius 2 is 2.10 bits per heavy atom. The lowest BCUT2D eigenvalue weighted by Gasteiger charge is -2.11. The molecular formula is C14H12BrNO4. The zero-order chi connectivity index (χ0) is 14.5. The minimum absolute atomic E-state index is 0.149. The van der Waals surface area contributed by atoms with Gasteiger partial charge < -0.3 is 14.6 Å². The van der Waals surface area contributed by atoms with Gasteiger partial charge in [-0.25, -0.2) is 4.79 Å². The van der Waals surface area contributed by atoms with Crippen LogP contribution in [0.3, 0.4) is 0 Å². The van der Waals surface area contributed by atoms with Gasteiger partial charge in [0.2, 0.25) is 0 Å². The predicted molar refractivity (Wildman–Crippen MR) is 76.2 cm³/mol. The summed E-state index contributed by atoms with van der Waals surface area (Å²) in [4.78, 5) is 15.1. The number of pyridine rings is 1. The van der Waals surface area contributed by atoms with Gasteiger partial charge in [0.15, 0.2) is 11.5 Å². The van der Waals surface area contributed by atoms with Gasteiger partial charge in [-0.15, -0.1) is 0 Å². The van der Waals surface area contributed by atoms with Crippen molar-refractivity contribution in [2.45, 2.75) is 6.61 Å². The molecule has 2 rings (SSSR count). The van der Waals surface area contributed by atoms with E-state index in [2.05, 4.69) is 20.9 Å². The number of aromatic carboxylic acids is 1. The number of carbonyl (C=O) groups is 1. The van der Waals surface area contributed by atoms with Gasteiger partial charge in [-0.2, -0.15) is 0 Å². The highest BCUT2D eigenvalue weighted by Crippen LogP contribution is 2.28. The van der Waals surface area contributed by atoms with Crippen molar-refractivity contribution in [1.82, 2.24) is 4.98 Å². The monoisotopic (exact) mass is 337 g/mol. The summed E-state index contributed by atoms with van der Waals surface area (Å²) >= 11 is 3.31.